The van der Waals surface area contributed by atoms with Crippen molar-refractivity contribution in [3.05, 3.63) is 64.1 Å². The number of hydrazine groups is 1. The molecule has 3 aliphatic rings. The molecule has 2 aromatic rings. The number of hydrogen-bond donors (Lipinski definition) is 0. The van der Waals surface area contributed by atoms with Gasteiger partial charge in [0.2, 0.25) is 5.91 Å². The quantitative estimate of drug-likeness (QED) is 0.685. The molecule has 0 spiro atoms. The first-order valence-corrected chi connectivity index (χ1v) is 10.6. The first-order chi connectivity index (χ1) is 13.6. The van der Waals surface area contributed by atoms with E-state index in [-0.39, 0.29) is 23.8 Å². The highest BCUT2D eigenvalue weighted by Gasteiger charge is 2.62. The van der Waals surface area contributed by atoms with Gasteiger partial charge in [-0.2, -0.15) is 0 Å². The monoisotopic (exact) mass is 439 g/mol. The first-order valence-electron chi connectivity index (χ1n) is 9.85. The maximum atomic E-state index is 13.5. The second-order valence-electron chi connectivity index (χ2n) is 7.68. The molecule has 3 saturated heterocycles. The summed E-state index contributed by atoms with van der Waals surface area (Å²) in [5.41, 5.74) is 2.97. The SMILES string of the molecule is CCc1ccc(N2C(=O)[C@@H]3[C@@H](C2=O)N2CCCN2[C@@H]3c2ccc(Br)cc2)cc1. The van der Waals surface area contributed by atoms with E-state index in [0.29, 0.717) is 5.69 Å². The number of hydrogen-bond acceptors (Lipinski definition) is 4. The molecule has 28 heavy (non-hydrogen) atoms. The minimum atomic E-state index is -0.394. The molecule has 0 bridgehead atoms. The van der Waals surface area contributed by atoms with Gasteiger partial charge in [-0.25, -0.2) is 14.9 Å². The molecule has 5 rings (SSSR count). The van der Waals surface area contributed by atoms with Gasteiger partial charge >= 0.3 is 0 Å². The number of halogens is 1. The van der Waals surface area contributed by atoms with E-state index >= 15 is 0 Å². The van der Waals surface area contributed by atoms with Crippen LogP contribution in [0.1, 0.15) is 30.5 Å². The third-order valence-electron chi connectivity index (χ3n) is 6.22. The van der Waals surface area contributed by atoms with Crippen LogP contribution >= 0.6 is 15.9 Å². The van der Waals surface area contributed by atoms with Gasteiger partial charge in [0.15, 0.2) is 0 Å². The molecule has 0 unspecified atom stereocenters. The van der Waals surface area contributed by atoms with E-state index in [4.69, 9.17) is 0 Å². The lowest BCUT2D eigenvalue weighted by Crippen LogP contribution is -2.44. The number of fused-ring (bicyclic) bond motifs is 3. The number of aryl methyl sites for hydroxylation is 1. The highest BCUT2D eigenvalue weighted by Crippen LogP contribution is 2.48. The molecule has 3 atom stereocenters. The largest absolute Gasteiger partial charge is 0.274 e. The molecule has 5 nitrogen and oxygen atoms in total. The fraction of sp³-hybridized carbons (Fsp3) is 0.364. The summed E-state index contributed by atoms with van der Waals surface area (Å²) < 4.78 is 1.01. The molecule has 3 fully saturated rings. The standard InChI is InChI=1S/C22H22BrN3O2/c1-2-14-4-10-17(11-5-14)26-21(27)18-19(15-6-8-16(23)9-7-15)24-12-3-13-25(24)20(18)22(26)28/h4-11,18-20H,2-3,12-13H2,1H3/t18-,19+,20-/m0/s1. The number of carbonyl (C=O) groups excluding carboxylic acids is 2. The molecule has 0 radical (unpaired) electrons. The fourth-order valence-electron chi connectivity index (χ4n) is 4.91. The summed E-state index contributed by atoms with van der Waals surface area (Å²) in [7, 11) is 0. The van der Waals surface area contributed by atoms with Crippen molar-refractivity contribution in [2.75, 3.05) is 18.0 Å². The molecule has 2 aromatic carbocycles. The van der Waals surface area contributed by atoms with E-state index < -0.39 is 6.04 Å². The normalized spacial score (nSPS) is 27.5. The Morgan fingerprint density at radius 2 is 1.54 bits per heavy atom. The summed E-state index contributed by atoms with van der Waals surface area (Å²) in [5.74, 6) is -0.535. The van der Waals surface area contributed by atoms with Gasteiger partial charge in [0.05, 0.1) is 17.6 Å². The summed E-state index contributed by atoms with van der Waals surface area (Å²) in [4.78, 5) is 28.2. The lowest BCUT2D eigenvalue weighted by atomic mass is 9.90. The fourth-order valence-corrected chi connectivity index (χ4v) is 5.17. The predicted octanol–water partition coefficient (Wildman–Crippen LogP) is 3.55. The Hall–Kier alpha value is -2.02. The number of rotatable bonds is 3. The second-order valence-corrected chi connectivity index (χ2v) is 8.59. The van der Waals surface area contributed by atoms with Gasteiger partial charge in [-0.05, 0) is 48.2 Å². The van der Waals surface area contributed by atoms with Crippen LogP contribution in [-0.4, -0.2) is 41.0 Å². The van der Waals surface area contributed by atoms with Crippen LogP contribution in [0.3, 0.4) is 0 Å². The van der Waals surface area contributed by atoms with E-state index in [9.17, 15) is 9.59 Å². The van der Waals surface area contributed by atoms with Gasteiger partial charge in [0.25, 0.3) is 5.91 Å². The van der Waals surface area contributed by atoms with Crippen LogP contribution in [0.25, 0.3) is 0 Å². The van der Waals surface area contributed by atoms with Crippen molar-refractivity contribution in [1.29, 1.82) is 0 Å². The number of nitrogens with zero attached hydrogens (tertiary/aromatic N) is 3. The number of anilines is 1. The first kappa shape index (κ1) is 18.0. The molecule has 0 saturated carbocycles. The van der Waals surface area contributed by atoms with Crippen LogP contribution in [0.5, 0.6) is 0 Å². The molecule has 0 N–H and O–H groups in total. The molecule has 0 aromatic heterocycles. The number of imide groups is 1. The summed E-state index contributed by atoms with van der Waals surface area (Å²) in [6.07, 6.45) is 1.95. The average Bonchev–Trinajstić information content (AvgIpc) is 3.35. The predicted molar refractivity (Wildman–Crippen MR) is 111 cm³/mol. The van der Waals surface area contributed by atoms with E-state index in [1.165, 1.54) is 10.5 Å². The van der Waals surface area contributed by atoms with Crippen molar-refractivity contribution >= 4 is 33.4 Å². The third kappa shape index (κ3) is 2.59. The van der Waals surface area contributed by atoms with E-state index in [2.05, 4.69) is 45.0 Å². The Bertz CT molecular complexity index is 928. The Morgan fingerprint density at radius 3 is 2.18 bits per heavy atom. The van der Waals surface area contributed by atoms with Gasteiger partial charge in [0.1, 0.15) is 6.04 Å². The van der Waals surface area contributed by atoms with Crippen molar-refractivity contribution in [3.8, 4) is 0 Å². The van der Waals surface area contributed by atoms with Crippen molar-refractivity contribution < 1.29 is 9.59 Å². The van der Waals surface area contributed by atoms with Crippen molar-refractivity contribution in [1.82, 2.24) is 10.0 Å². The lowest BCUT2D eigenvalue weighted by Gasteiger charge is -2.29. The molecule has 3 heterocycles. The zero-order chi connectivity index (χ0) is 19.4. The summed E-state index contributed by atoms with van der Waals surface area (Å²) in [6, 6.07) is 15.4. The van der Waals surface area contributed by atoms with Gasteiger partial charge in [0, 0.05) is 17.6 Å². The number of amides is 2. The van der Waals surface area contributed by atoms with Crippen molar-refractivity contribution in [2.45, 2.75) is 31.8 Å². The van der Waals surface area contributed by atoms with Crippen LogP contribution in [0.4, 0.5) is 5.69 Å². The minimum absolute atomic E-state index is 0.0819. The van der Waals surface area contributed by atoms with Crippen LogP contribution in [-0.2, 0) is 16.0 Å². The third-order valence-corrected chi connectivity index (χ3v) is 6.75. The minimum Gasteiger partial charge on any atom is -0.274 e. The van der Waals surface area contributed by atoms with E-state index in [1.807, 2.05) is 36.4 Å². The Kier molecular flexibility index (Phi) is 4.38. The molecule has 144 valence electrons. The Morgan fingerprint density at radius 1 is 0.893 bits per heavy atom. The second kappa shape index (κ2) is 6.79. The van der Waals surface area contributed by atoms with Crippen molar-refractivity contribution in [3.63, 3.8) is 0 Å². The van der Waals surface area contributed by atoms with Gasteiger partial charge in [-0.15, -0.1) is 0 Å². The highest BCUT2D eigenvalue weighted by molar-refractivity contribution is 9.10. The topological polar surface area (TPSA) is 43.9 Å². The molecule has 0 aliphatic carbocycles. The van der Waals surface area contributed by atoms with E-state index in [0.717, 1.165) is 36.0 Å². The molecule has 3 aliphatic heterocycles. The van der Waals surface area contributed by atoms with Crippen LogP contribution < -0.4 is 4.90 Å². The Balaban J connectivity index is 1.55. The average molecular weight is 440 g/mol. The van der Waals surface area contributed by atoms with Gasteiger partial charge in [-0.3, -0.25) is 9.59 Å². The highest BCUT2D eigenvalue weighted by atomic mass is 79.9. The summed E-state index contributed by atoms with van der Waals surface area (Å²) in [6.45, 7) is 3.81. The zero-order valence-electron chi connectivity index (χ0n) is 15.7. The van der Waals surface area contributed by atoms with Crippen molar-refractivity contribution in [2.24, 2.45) is 5.92 Å². The van der Waals surface area contributed by atoms with E-state index in [1.54, 1.807) is 0 Å². The molecular weight excluding hydrogens is 418 g/mol. The number of benzene rings is 2. The molecule has 6 heteroatoms. The summed E-state index contributed by atoms with van der Waals surface area (Å²) in [5, 5.41) is 4.38. The zero-order valence-corrected chi connectivity index (χ0v) is 17.3. The molecule has 2 amide bonds. The molecular formula is C22H22BrN3O2. The van der Waals surface area contributed by atoms with Crippen LogP contribution in [0.15, 0.2) is 53.0 Å². The van der Waals surface area contributed by atoms with Gasteiger partial charge < -0.3 is 0 Å². The van der Waals surface area contributed by atoms with Gasteiger partial charge in [-0.1, -0.05) is 47.1 Å². The summed E-state index contributed by atoms with van der Waals surface area (Å²) >= 11 is 3.49. The van der Waals surface area contributed by atoms with Crippen LogP contribution in [0, 0.1) is 5.92 Å². The maximum Gasteiger partial charge on any atom is 0.253 e. The Labute approximate surface area is 173 Å². The lowest BCUT2D eigenvalue weighted by molar-refractivity contribution is -0.126. The maximum absolute atomic E-state index is 13.5. The van der Waals surface area contributed by atoms with Crippen LogP contribution in [0.2, 0.25) is 0 Å². The smallest absolute Gasteiger partial charge is 0.253 e. The number of carbonyl (C=O) groups is 2.